The van der Waals surface area contributed by atoms with Crippen LogP contribution in [0.5, 0.6) is 0 Å². The maximum Gasteiger partial charge on any atom is 0.326 e. The number of nitrogens with one attached hydrogen (secondary N) is 5. The Morgan fingerprint density at radius 3 is 1.65 bits per heavy atom. The summed E-state index contributed by atoms with van der Waals surface area (Å²) in [6.07, 6.45) is 3.07. The maximum absolute atomic E-state index is 14.1. The second kappa shape index (κ2) is 33.5. The average molecular weight is 995 g/mol. The Balaban J connectivity index is 1.95. The van der Waals surface area contributed by atoms with Gasteiger partial charge in [0.2, 0.25) is 17.7 Å². The third-order valence-electron chi connectivity index (χ3n) is 11.6. The molecule has 11 N–H and O–H groups in total. The van der Waals surface area contributed by atoms with E-state index in [0.29, 0.717) is 19.3 Å². The van der Waals surface area contributed by atoms with E-state index in [2.05, 4.69) is 26.6 Å². The first-order valence-corrected chi connectivity index (χ1v) is 24.0. The summed E-state index contributed by atoms with van der Waals surface area (Å²) in [5.74, 6) is -10.3. The predicted molar refractivity (Wildman–Crippen MR) is 258 cm³/mol. The number of carbonyl (C=O) groups is 11. The molecule has 0 unspecified atom stereocenters. The van der Waals surface area contributed by atoms with E-state index in [4.69, 9.17) is 10.8 Å². The first-order valence-electron chi connectivity index (χ1n) is 24.0. The first-order chi connectivity index (χ1) is 33.8. The zero-order valence-corrected chi connectivity index (χ0v) is 40.2. The first kappa shape index (κ1) is 60.1. The molecule has 71 heavy (non-hydrogen) atoms. The minimum Gasteiger partial charge on any atom is -0.481 e. The third-order valence-corrected chi connectivity index (χ3v) is 11.6. The van der Waals surface area contributed by atoms with Crippen molar-refractivity contribution in [3.05, 3.63) is 71.8 Å². The Morgan fingerprint density at radius 2 is 1.08 bits per heavy atom. The van der Waals surface area contributed by atoms with Crippen molar-refractivity contribution in [2.75, 3.05) is 13.1 Å². The SMILES string of the molecule is CC[C@H](CC(=O)[C@H](CC(=O)O)NC(=O)[C@@H](N)CNC(=O)[C@@H](CC(=O)[C@H](Cc1ccccc1)NC(=O)CCCCCCCCC(=O)CC[C@H](NC(=O)NCCCC(=O)O)C(=O)O)Cc1ccccc1)C(=O)O. The molecule has 2 rings (SSSR count). The summed E-state index contributed by atoms with van der Waals surface area (Å²) < 4.78 is 0. The Labute approximate surface area is 412 Å². The van der Waals surface area contributed by atoms with Crippen LogP contribution >= 0.6 is 0 Å². The number of aliphatic carboxylic acids is 4. The fraction of sp³-hybridized carbons (Fsp3) is 0.540. The summed E-state index contributed by atoms with van der Waals surface area (Å²) in [6, 6.07) is 11.8. The van der Waals surface area contributed by atoms with Gasteiger partial charge in [-0.25, -0.2) is 9.59 Å². The molecule has 5 amide bonds. The van der Waals surface area contributed by atoms with Gasteiger partial charge >= 0.3 is 29.9 Å². The van der Waals surface area contributed by atoms with Crippen LogP contribution in [0.2, 0.25) is 0 Å². The molecular weight excluding hydrogens is 925 g/mol. The smallest absolute Gasteiger partial charge is 0.326 e. The Bertz CT molecular complexity index is 2090. The molecule has 0 bridgehead atoms. The summed E-state index contributed by atoms with van der Waals surface area (Å²) in [7, 11) is 0. The van der Waals surface area contributed by atoms with E-state index in [1.165, 1.54) is 0 Å². The molecule has 0 heterocycles. The summed E-state index contributed by atoms with van der Waals surface area (Å²) in [5.41, 5.74) is 7.57. The molecule has 0 aliphatic rings. The zero-order valence-electron chi connectivity index (χ0n) is 40.2. The van der Waals surface area contributed by atoms with Crippen molar-refractivity contribution in [2.24, 2.45) is 17.6 Å². The van der Waals surface area contributed by atoms with Gasteiger partial charge < -0.3 is 52.7 Å². The molecule has 0 saturated carbocycles. The van der Waals surface area contributed by atoms with Crippen molar-refractivity contribution in [3.63, 3.8) is 0 Å². The summed E-state index contributed by atoms with van der Waals surface area (Å²) >= 11 is 0. The predicted octanol–water partition coefficient (Wildman–Crippen LogP) is 3.09. The number of carbonyl (C=O) groups excluding carboxylic acids is 7. The van der Waals surface area contributed by atoms with Crippen LogP contribution in [0.25, 0.3) is 0 Å². The van der Waals surface area contributed by atoms with Crippen LogP contribution in [0.1, 0.15) is 121 Å². The number of carboxylic acid groups (broad SMARTS) is 4. The van der Waals surface area contributed by atoms with E-state index in [1.54, 1.807) is 49.4 Å². The molecule has 390 valence electrons. The highest BCUT2D eigenvalue weighted by atomic mass is 16.4. The van der Waals surface area contributed by atoms with Gasteiger partial charge in [0.25, 0.3) is 0 Å². The quantitative estimate of drug-likeness (QED) is 0.0432. The summed E-state index contributed by atoms with van der Waals surface area (Å²) in [5, 5.41) is 49.2. The highest BCUT2D eigenvalue weighted by molar-refractivity contribution is 5.96. The van der Waals surface area contributed by atoms with Crippen molar-refractivity contribution in [1.29, 1.82) is 0 Å². The molecule has 0 aromatic heterocycles. The Morgan fingerprint density at radius 1 is 0.521 bits per heavy atom. The maximum atomic E-state index is 14.1. The molecule has 0 saturated heterocycles. The van der Waals surface area contributed by atoms with Gasteiger partial charge in [-0.1, -0.05) is 93.3 Å². The van der Waals surface area contributed by atoms with E-state index in [9.17, 15) is 68.1 Å². The molecular formula is C50H70N6O15. The standard InChI is InChI=1S/C50H70N6O15/c1-2-34(48(67)68)28-41(58)40(30-45(63)64)55-47(66)37(51)31-53-46(65)35(26-32-16-9-7-10-17-32)29-42(59)39(27-33-18-11-8-12-19-33)54-43(60)21-14-6-4-3-5-13-20-36(57)23-24-38(49(69)70)56-50(71)52-25-15-22-44(61)62/h7-12,16-19,34-35,37-40H,2-6,13-15,20-31,51H2,1H3,(H,53,65)(H,54,60)(H,55,66)(H,61,62)(H,63,64)(H,67,68)(H,69,70)(H2,52,56,71)/t34-,35-,37+,38+,39+,40+/m1/s1. The highest BCUT2D eigenvalue weighted by Crippen LogP contribution is 2.18. The monoisotopic (exact) mass is 994 g/mol. The van der Waals surface area contributed by atoms with Gasteiger partial charge in [-0.3, -0.25) is 43.2 Å². The number of hydrogen-bond donors (Lipinski definition) is 10. The lowest BCUT2D eigenvalue weighted by molar-refractivity contribution is -0.145. The van der Waals surface area contributed by atoms with Gasteiger partial charge in [0, 0.05) is 57.5 Å². The van der Waals surface area contributed by atoms with Crippen molar-refractivity contribution in [3.8, 4) is 0 Å². The van der Waals surface area contributed by atoms with Crippen LogP contribution in [0.15, 0.2) is 60.7 Å². The molecule has 2 aromatic carbocycles. The van der Waals surface area contributed by atoms with E-state index in [1.807, 2.05) is 18.2 Å². The van der Waals surface area contributed by atoms with Crippen molar-refractivity contribution in [2.45, 2.75) is 147 Å². The molecule has 0 fully saturated rings. The van der Waals surface area contributed by atoms with Crippen LogP contribution < -0.4 is 32.3 Å². The second-order valence-corrected chi connectivity index (χ2v) is 17.5. The number of amides is 5. The number of benzene rings is 2. The van der Waals surface area contributed by atoms with Crippen LogP contribution in [0.4, 0.5) is 4.79 Å². The van der Waals surface area contributed by atoms with Gasteiger partial charge in [-0.15, -0.1) is 0 Å². The Kier molecular flexibility index (Phi) is 28.3. The van der Waals surface area contributed by atoms with Crippen LogP contribution in [-0.2, 0) is 60.8 Å². The third kappa shape index (κ3) is 26.0. The van der Waals surface area contributed by atoms with E-state index < -0.39 is 109 Å². The van der Waals surface area contributed by atoms with Gasteiger partial charge in [-0.05, 0) is 56.1 Å². The van der Waals surface area contributed by atoms with Gasteiger partial charge in [0.1, 0.15) is 17.9 Å². The highest BCUT2D eigenvalue weighted by Gasteiger charge is 2.32. The van der Waals surface area contributed by atoms with Gasteiger partial charge in [-0.2, -0.15) is 0 Å². The minimum atomic E-state index is -1.56. The summed E-state index contributed by atoms with van der Waals surface area (Å²) in [6.45, 7) is 1.15. The molecule has 0 radical (unpaired) electrons. The number of carboxylic acids is 4. The topological polar surface area (TPSA) is 355 Å². The van der Waals surface area contributed by atoms with Crippen molar-refractivity contribution in [1.82, 2.24) is 26.6 Å². The van der Waals surface area contributed by atoms with Crippen LogP contribution in [0, 0.1) is 11.8 Å². The van der Waals surface area contributed by atoms with Gasteiger partial charge in [0.15, 0.2) is 11.6 Å². The van der Waals surface area contributed by atoms with Crippen molar-refractivity contribution < 1.29 is 73.2 Å². The fourth-order valence-corrected chi connectivity index (χ4v) is 7.49. The molecule has 2 aromatic rings. The molecule has 21 nitrogen and oxygen atoms in total. The van der Waals surface area contributed by atoms with Crippen LogP contribution in [-0.4, -0.2) is 123 Å². The summed E-state index contributed by atoms with van der Waals surface area (Å²) in [4.78, 5) is 137. The molecule has 0 aliphatic heterocycles. The Hall–Kier alpha value is -7.03. The lowest BCUT2D eigenvalue weighted by Gasteiger charge is -2.23. The average Bonchev–Trinajstić information content (AvgIpc) is 3.32. The molecule has 6 atom stereocenters. The lowest BCUT2D eigenvalue weighted by atomic mass is 9.89. The largest absolute Gasteiger partial charge is 0.481 e. The number of unbranched alkanes of at least 4 members (excludes halogenated alkanes) is 5. The number of nitrogens with two attached hydrogens (primary N) is 1. The van der Waals surface area contributed by atoms with Crippen molar-refractivity contribution >= 4 is 65.0 Å². The van der Waals surface area contributed by atoms with E-state index in [-0.39, 0.29) is 82.4 Å². The number of rotatable bonds is 38. The second-order valence-electron chi connectivity index (χ2n) is 17.5. The molecule has 0 spiro atoms. The normalized spacial score (nSPS) is 13.4. The van der Waals surface area contributed by atoms with E-state index >= 15 is 0 Å². The number of hydrogen-bond acceptors (Lipinski definition) is 12. The van der Waals surface area contributed by atoms with Crippen LogP contribution in [0.3, 0.4) is 0 Å². The fourth-order valence-electron chi connectivity index (χ4n) is 7.49. The zero-order chi connectivity index (χ0) is 52.7. The number of Topliss-reactive ketones (excluding diaryl/α,β-unsaturated/α-hetero) is 3. The molecule has 0 aliphatic carbocycles. The molecule has 21 heteroatoms. The number of urea groups is 1. The number of ketones is 3. The van der Waals surface area contributed by atoms with E-state index in [0.717, 1.165) is 30.4 Å². The minimum absolute atomic E-state index is 0.0424. The lowest BCUT2D eigenvalue weighted by Crippen LogP contribution is -2.53. The van der Waals surface area contributed by atoms with Gasteiger partial charge in [0.05, 0.1) is 24.4 Å².